The van der Waals surface area contributed by atoms with Crippen LogP contribution in [0.2, 0.25) is 5.02 Å². The number of furan rings is 1. The molecule has 2 heterocycles. The molecule has 37 heavy (non-hydrogen) atoms. The number of aryl methyl sites for hydroxylation is 1. The number of nitrogens with one attached hydrogen (secondary N) is 2. The Morgan fingerprint density at radius 3 is 2.65 bits per heavy atom. The Labute approximate surface area is 220 Å². The first-order valence-corrected chi connectivity index (χ1v) is 11.7. The molecular weight excluding hydrogens is 516 g/mol. The fourth-order valence-electron chi connectivity index (χ4n) is 3.63. The normalized spacial score (nSPS) is 10.9. The number of hydrogen-bond acceptors (Lipinski definition) is 7. The minimum absolute atomic E-state index is 0.0297. The van der Waals surface area contributed by atoms with Gasteiger partial charge in [0.25, 0.3) is 11.6 Å². The topological polar surface area (TPSA) is 123 Å². The van der Waals surface area contributed by atoms with E-state index in [1.165, 1.54) is 18.2 Å². The van der Waals surface area contributed by atoms with Crippen molar-refractivity contribution in [2.24, 2.45) is 0 Å². The van der Waals surface area contributed by atoms with Crippen LogP contribution in [0.25, 0.3) is 33.9 Å². The van der Waals surface area contributed by atoms with Crippen molar-refractivity contribution in [1.82, 2.24) is 10.3 Å². The molecule has 3 aromatic carbocycles. The lowest BCUT2D eigenvalue weighted by Gasteiger charge is -2.08. The molecule has 0 bridgehead atoms. The second-order valence-corrected chi connectivity index (χ2v) is 8.83. The van der Waals surface area contributed by atoms with E-state index >= 15 is 0 Å². The van der Waals surface area contributed by atoms with Gasteiger partial charge in [0.15, 0.2) is 16.5 Å². The number of carbonyl (C=O) groups is 1. The van der Waals surface area contributed by atoms with E-state index in [-0.39, 0.29) is 27.9 Å². The summed E-state index contributed by atoms with van der Waals surface area (Å²) in [5.41, 5.74) is 3.59. The van der Waals surface area contributed by atoms with Crippen LogP contribution in [0.15, 0.2) is 81.6 Å². The molecule has 0 aliphatic carbocycles. The van der Waals surface area contributed by atoms with Crippen LogP contribution in [-0.2, 0) is 0 Å². The standard InChI is InChI=1S/C26H17ClN4O5S/c1-14-6-7-15(12-18(14)27)25-29-19-13-16(8-9-22(19)36-25)28-26(37)30-24(32)23-11-10-21(35-23)17-4-2-3-5-20(17)31(33)34/h2-13H,1H3,(H2,28,30,32,37). The summed E-state index contributed by atoms with van der Waals surface area (Å²) in [6.07, 6.45) is 0. The zero-order valence-corrected chi connectivity index (χ0v) is 20.7. The number of thiocarbonyl (C=S) groups is 1. The molecule has 0 atom stereocenters. The lowest BCUT2D eigenvalue weighted by Crippen LogP contribution is -2.33. The average molecular weight is 533 g/mol. The minimum Gasteiger partial charge on any atom is -0.451 e. The number of nitrogens with zero attached hydrogens (tertiary/aromatic N) is 2. The number of rotatable bonds is 5. The number of amides is 1. The van der Waals surface area contributed by atoms with Crippen LogP contribution < -0.4 is 10.6 Å². The highest BCUT2D eigenvalue weighted by molar-refractivity contribution is 7.80. The fraction of sp³-hybridized carbons (Fsp3) is 0.0385. The molecule has 2 N–H and O–H groups in total. The van der Waals surface area contributed by atoms with Gasteiger partial charge in [-0.1, -0.05) is 29.8 Å². The Balaban J connectivity index is 1.28. The van der Waals surface area contributed by atoms with E-state index in [1.807, 2.05) is 19.1 Å². The molecule has 0 aliphatic rings. The largest absolute Gasteiger partial charge is 0.451 e. The van der Waals surface area contributed by atoms with Gasteiger partial charge in [0.05, 0.1) is 10.5 Å². The zero-order valence-electron chi connectivity index (χ0n) is 19.2. The summed E-state index contributed by atoms with van der Waals surface area (Å²) < 4.78 is 11.4. The number of hydrogen-bond donors (Lipinski definition) is 2. The van der Waals surface area contributed by atoms with Gasteiger partial charge in [0.2, 0.25) is 5.89 Å². The number of nitro benzene ring substituents is 1. The minimum atomic E-state index is -0.608. The summed E-state index contributed by atoms with van der Waals surface area (Å²) in [5.74, 6) is -0.0373. The van der Waals surface area contributed by atoms with Gasteiger partial charge in [-0.2, -0.15) is 0 Å². The number of anilines is 1. The molecule has 0 radical (unpaired) electrons. The number of halogens is 1. The first-order chi connectivity index (χ1) is 17.8. The molecule has 0 saturated heterocycles. The van der Waals surface area contributed by atoms with Gasteiger partial charge < -0.3 is 14.2 Å². The maximum Gasteiger partial charge on any atom is 0.293 e. The number of nitro groups is 1. The van der Waals surface area contributed by atoms with Crippen LogP contribution in [-0.4, -0.2) is 20.9 Å². The molecule has 0 aliphatic heterocycles. The third-order valence-electron chi connectivity index (χ3n) is 5.49. The second-order valence-electron chi connectivity index (χ2n) is 8.01. The summed E-state index contributed by atoms with van der Waals surface area (Å²) in [5, 5.41) is 17.4. The van der Waals surface area contributed by atoms with Gasteiger partial charge in [-0.25, -0.2) is 4.98 Å². The van der Waals surface area contributed by atoms with Crippen molar-refractivity contribution in [3.05, 3.63) is 99.3 Å². The van der Waals surface area contributed by atoms with Crippen LogP contribution in [0.3, 0.4) is 0 Å². The molecule has 0 unspecified atom stereocenters. The fourth-order valence-corrected chi connectivity index (χ4v) is 4.02. The Morgan fingerprint density at radius 1 is 1.05 bits per heavy atom. The molecule has 0 fully saturated rings. The Hall–Kier alpha value is -4.54. The number of benzene rings is 3. The number of fused-ring (bicyclic) bond motifs is 1. The second kappa shape index (κ2) is 9.84. The molecule has 5 aromatic rings. The van der Waals surface area contributed by atoms with E-state index in [0.717, 1.165) is 11.1 Å². The molecule has 9 nitrogen and oxygen atoms in total. The zero-order chi connectivity index (χ0) is 26.1. The average Bonchev–Trinajstić information content (AvgIpc) is 3.53. The monoisotopic (exact) mass is 532 g/mol. The van der Waals surface area contributed by atoms with E-state index in [4.69, 9.17) is 32.7 Å². The smallest absolute Gasteiger partial charge is 0.293 e. The number of carbonyl (C=O) groups excluding carboxylic acids is 1. The van der Waals surface area contributed by atoms with E-state index in [9.17, 15) is 14.9 Å². The van der Waals surface area contributed by atoms with Gasteiger partial charge >= 0.3 is 0 Å². The lowest BCUT2D eigenvalue weighted by molar-refractivity contribution is -0.384. The quantitative estimate of drug-likeness (QED) is 0.145. The van der Waals surface area contributed by atoms with Crippen molar-refractivity contribution < 1.29 is 18.6 Å². The van der Waals surface area contributed by atoms with Gasteiger partial charge in [-0.15, -0.1) is 0 Å². The maximum absolute atomic E-state index is 12.6. The molecule has 0 saturated carbocycles. The molecule has 184 valence electrons. The summed E-state index contributed by atoms with van der Waals surface area (Å²) >= 11 is 11.5. The first kappa shape index (κ1) is 24.2. The number of aromatic nitrogens is 1. The number of oxazole rings is 1. The van der Waals surface area contributed by atoms with Gasteiger partial charge in [0, 0.05) is 22.3 Å². The Kier molecular flexibility index (Phi) is 6.43. The Morgan fingerprint density at radius 2 is 1.86 bits per heavy atom. The summed E-state index contributed by atoms with van der Waals surface area (Å²) in [7, 11) is 0. The van der Waals surface area contributed by atoms with Crippen molar-refractivity contribution in [2.45, 2.75) is 6.92 Å². The highest BCUT2D eigenvalue weighted by Gasteiger charge is 2.20. The molecule has 11 heteroatoms. The molecule has 2 aromatic heterocycles. The molecular formula is C26H17ClN4O5S. The highest BCUT2D eigenvalue weighted by atomic mass is 35.5. The van der Waals surface area contributed by atoms with Crippen LogP contribution in [0.4, 0.5) is 11.4 Å². The van der Waals surface area contributed by atoms with Crippen molar-refractivity contribution in [2.75, 3.05) is 5.32 Å². The van der Waals surface area contributed by atoms with Crippen LogP contribution in [0, 0.1) is 17.0 Å². The van der Waals surface area contributed by atoms with Crippen molar-refractivity contribution >= 4 is 57.3 Å². The van der Waals surface area contributed by atoms with E-state index in [2.05, 4.69) is 15.6 Å². The van der Waals surface area contributed by atoms with E-state index in [1.54, 1.807) is 42.5 Å². The predicted molar refractivity (Wildman–Crippen MR) is 144 cm³/mol. The third-order valence-corrected chi connectivity index (χ3v) is 6.10. The van der Waals surface area contributed by atoms with E-state index in [0.29, 0.717) is 27.7 Å². The van der Waals surface area contributed by atoms with Crippen molar-refractivity contribution in [3.8, 4) is 22.8 Å². The SMILES string of the molecule is Cc1ccc(-c2nc3cc(NC(=S)NC(=O)c4ccc(-c5ccccc5[N+](=O)[O-])o4)ccc3o2)cc1Cl. The maximum atomic E-state index is 12.6. The molecule has 1 amide bonds. The van der Waals surface area contributed by atoms with Crippen LogP contribution >= 0.6 is 23.8 Å². The summed E-state index contributed by atoms with van der Waals surface area (Å²) in [6.45, 7) is 1.91. The van der Waals surface area contributed by atoms with Crippen molar-refractivity contribution in [1.29, 1.82) is 0 Å². The predicted octanol–water partition coefficient (Wildman–Crippen LogP) is 6.75. The van der Waals surface area contributed by atoms with Gasteiger partial charge in [0.1, 0.15) is 11.3 Å². The van der Waals surface area contributed by atoms with Crippen LogP contribution in [0.5, 0.6) is 0 Å². The summed E-state index contributed by atoms with van der Waals surface area (Å²) in [4.78, 5) is 27.9. The van der Waals surface area contributed by atoms with Crippen molar-refractivity contribution in [3.63, 3.8) is 0 Å². The lowest BCUT2D eigenvalue weighted by atomic mass is 10.1. The molecule has 0 spiro atoms. The van der Waals surface area contributed by atoms with Gasteiger partial charge in [-0.05, 0) is 73.2 Å². The molecule has 5 rings (SSSR count). The third kappa shape index (κ3) is 5.06. The van der Waals surface area contributed by atoms with E-state index < -0.39 is 10.8 Å². The van der Waals surface area contributed by atoms with Crippen LogP contribution in [0.1, 0.15) is 16.1 Å². The first-order valence-electron chi connectivity index (χ1n) is 10.9. The Bertz CT molecular complexity index is 1690. The summed E-state index contributed by atoms with van der Waals surface area (Å²) in [6, 6.07) is 19.8. The number of para-hydroxylation sites is 1. The van der Waals surface area contributed by atoms with Gasteiger partial charge in [-0.3, -0.25) is 20.2 Å². The highest BCUT2D eigenvalue weighted by Crippen LogP contribution is 2.31.